The van der Waals surface area contributed by atoms with Gasteiger partial charge in [0.2, 0.25) is 0 Å². The minimum atomic E-state index is -0.197. The highest BCUT2D eigenvalue weighted by Gasteiger charge is 2.06. The Morgan fingerprint density at radius 2 is 2.19 bits per heavy atom. The highest BCUT2D eigenvalue weighted by atomic mass is 16.1. The average molecular weight is 288 g/mol. The van der Waals surface area contributed by atoms with Gasteiger partial charge in [0.15, 0.2) is 5.69 Å². The van der Waals surface area contributed by atoms with E-state index in [1.165, 1.54) is 0 Å². The van der Waals surface area contributed by atoms with Gasteiger partial charge in [-0.15, -0.1) is 10.2 Å². The van der Waals surface area contributed by atoms with Gasteiger partial charge in [-0.25, -0.2) is 4.98 Å². The van der Waals surface area contributed by atoms with Crippen molar-refractivity contribution in [1.82, 2.24) is 25.1 Å². The number of imidazole rings is 1. The van der Waals surface area contributed by atoms with E-state index in [9.17, 15) is 4.79 Å². The molecule has 7 heteroatoms. The molecule has 2 N–H and O–H groups in total. The zero-order valence-electron chi connectivity index (χ0n) is 12.1. The summed E-state index contributed by atoms with van der Waals surface area (Å²) in [6, 6.07) is 3.44. The van der Waals surface area contributed by atoms with Crippen LogP contribution < -0.4 is 10.6 Å². The molecule has 1 amide bonds. The Kier molecular flexibility index (Phi) is 5.69. The SMILES string of the molecule is CCNC(=O)c1ccc(NCCCCn2ccnc2)nn1. The molecule has 0 saturated carbocycles. The smallest absolute Gasteiger partial charge is 0.271 e. The number of nitrogens with one attached hydrogen (secondary N) is 2. The van der Waals surface area contributed by atoms with Crippen molar-refractivity contribution in [2.45, 2.75) is 26.3 Å². The molecule has 0 aliphatic rings. The molecule has 0 bridgehead atoms. The van der Waals surface area contributed by atoms with Crippen LogP contribution in [0.4, 0.5) is 5.82 Å². The number of carbonyl (C=O) groups is 1. The van der Waals surface area contributed by atoms with E-state index in [0.29, 0.717) is 18.1 Å². The van der Waals surface area contributed by atoms with Crippen molar-refractivity contribution in [2.24, 2.45) is 0 Å². The Labute approximate surface area is 123 Å². The third-order valence-electron chi connectivity index (χ3n) is 2.94. The van der Waals surface area contributed by atoms with E-state index in [4.69, 9.17) is 0 Å². The molecule has 0 atom stereocenters. The Balaban J connectivity index is 1.67. The molecule has 0 aliphatic carbocycles. The summed E-state index contributed by atoms with van der Waals surface area (Å²) in [6.07, 6.45) is 7.65. The summed E-state index contributed by atoms with van der Waals surface area (Å²) in [7, 11) is 0. The maximum atomic E-state index is 11.5. The average Bonchev–Trinajstić information content (AvgIpc) is 3.01. The van der Waals surface area contributed by atoms with Crippen LogP contribution in [0, 0.1) is 0 Å². The Bertz CT molecular complexity index is 537. The third kappa shape index (κ3) is 4.87. The van der Waals surface area contributed by atoms with E-state index in [2.05, 4.69) is 30.4 Å². The number of carbonyl (C=O) groups excluding carboxylic acids is 1. The number of hydrogen-bond donors (Lipinski definition) is 2. The van der Waals surface area contributed by atoms with Gasteiger partial charge in [-0.1, -0.05) is 0 Å². The van der Waals surface area contributed by atoms with Crippen LogP contribution in [0.15, 0.2) is 30.9 Å². The first kappa shape index (κ1) is 15.0. The van der Waals surface area contributed by atoms with Crippen LogP contribution >= 0.6 is 0 Å². The summed E-state index contributed by atoms with van der Waals surface area (Å²) in [6.45, 7) is 4.23. The second-order valence-corrected chi connectivity index (χ2v) is 4.60. The molecule has 2 heterocycles. The number of unbranched alkanes of at least 4 members (excludes halogenated alkanes) is 1. The second-order valence-electron chi connectivity index (χ2n) is 4.60. The maximum Gasteiger partial charge on any atom is 0.271 e. The minimum Gasteiger partial charge on any atom is -0.369 e. The summed E-state index contributed by atoms with van der Waals surface area (Å²) in [5.41, 5.74) is 0.336. The van der Waals surface area contributed by atoms with Crippen molar-refractivity contribution in [3.8, 4) is 0 Å². The fourth-order valence-corrected chi connectivity index (χ4v) is 1.85. The van der Waals surface area contributed by atoms with Gasteiger partial charge in [-0.3, -0.25) is 4.79 Å². The van der Waals surface area contributed by atoms with Crippen molar-refractivity contribution in [3.05, 3.63) is 36.5 Å². The quantitative estimate of drug-likeness (QED) is 0.716. The van der Waals surface area contributed by atoms with Crippen molar-refractivity contribution in [1.29, 1.82) is 0 Å². The summed E-state index contributed by atoms with van der Waals surface area (Å²) in [5, 5.41) is 13.8. The number of aromatic nitrogens is 4. The van der Waals surface area contributed by atoms with E-state index in [1.807, 2.05) is 19.4 Å². The monoisotopic (exact) mass is 288 g/mol. The van der Waals surface area contributed by atoms with E-state index in [-0.39, 0.29) is 5.91 Å². The minimum absolute atomic E-state index is 0.197. The summed E-state index contributed by atoms with van der Waals surface area (Å²) in [5.74, 6) is 0.488. The van der Waals surface area contributed by atoms with Gasteiger partial charge >= 0.3 is 0 Å². The summed E-state index contributed by atoms with van der Waals surface area (Å²) < 4.78 is 2.06. The first-order valence-electron chi connectivity index (χ1n) is 7.11. The van der Waals surface area contributed by atoms with Crippen LogP contribution in [-0.2, 0) is 6.54 Å². The van der Waals surface area contributed by atoms with Gasteiger partial charge in [0.1, 0.15) is 5.82 Å². The van der Waals surface area contributed by atoms with Crippen molar-refractivity contribution in [2.75, 3.05) is 18.4 Å². The van der Waals surface area contributed by atoms with Crippen LogP contribution in [0.25, 0.3) is 0 Å². The van der Waals surface area contributed by atoms with Gasteiger partial charge in [0, 0.05) is 32.0 Å². The fraction of sp³-hybridized carbons (Fsp3) is 0.429. The molecule has 0 aromatic carbocycles. The normalized spacial score (nSPS) is 10.3. The molecule has 0 spiro atoms. The largest absolute Gasteiger partial charge is 0.369 e. The van der Waals surface area contributed by atoms with Crippen molar-refractivity contribution >= 4 is 11.7 Å². The Morgan fingerprint density at radius 1 is 1.29 bits per heavy atom. The lowest BCUT2D eigenvalue weighted by Gasteiger charge is -2.06. The van der Waals surface area contributed by atoms with Gasteiger partial charge in [-0.05, 0) is 31.9 Å². The highest BCUT2D eigenvalue weighted by Crippen LogP contribution is 2.03. The number of aryl methyl sites for hydroxylation is 1. The lowest BCUT2D eigenvalue weighted by atomic mass is 10.3. The molecule has 0 radical (unpaired) electrons. The fourth-order valence-electron chi connectivity index (χ4n) is 1.85. The predicted molar refractivity (Wildman–Crippen MR) is 80.0 cm³/mol. The topological polar surface area (TPSA) is 84.7 Å². The van der Waals surface area contributed by atoms with E-state index in [1.54, 1.807) is 18.3 Å². The summed E-state index contributed by atoms with van der Waals surface area (Å²) >= 11 is 0. The lowest BCUT2D eigenvalue weighted by Crippen LogP contribution is -2.24. The summed E-state index contributed by atoms with van der Waals surface area (Å²) in [4.78, 5) is 15.5. The molecule has 2 aromatic heterocycles. The highest BCUT2D eigenvalue weighted by molar-refractivity contribution is 5.92. The van der Waals surface area contributed by atoms with Crippen LogP contribution in [0.1, 0.15) is 30.3 Å². The molecule has 21 heavy (non-hydrogen) atoms. The molecule has 2 aromatic rings. The molecule has 2 rings (SSSR count). The molecule has 7 nitrogen and oxygen atoms in total. The van der Waals surface area contributed by atoms with Crippen molar-refractivity contribution < 1.29 is 4.79 Å². The van der Waals surface area contributed by atoms with Crippen LogP contribution in [-0.4, -0.2) is 38.7 Å². The predicted octanol–water partition coefficient (Wildman–Crippen LogP) is 1.32. The third-order valence-corrected chi connectivity index (χ3v) is 2.94. The Morgan fingerprint density at radius 3 is 2.86 bits per heavy atom. The van der Waals surface area contributed by atoms with E-state index in [0.717, 1.165) is 25.9 Å². The molecular formula is C14H20N6O. The first-order valence-corrected chi connectivity index (χ1v) is 7.11. The van der Waals surface area contributed by atoms with Gasteiger partial charge in [0.25, 0.3) is 5.91 Å². The number of anilines is 1. The standard InChI is InChI=1S/C14H20N6O/c1-2-16-14(21)12-5-6-13(19-18-12)17-7-3-4-9-20-10-8-15-11-20/h5-6,8,10-11H,2-4,7,9H2,1H3,(H,16,21)(H,17,19). The van der Waals surface area contributed by atoms with Crippen LogP contribution in [0.5, 0.6) is 0 Å². The maximum absolute atomic E-state index is 11.5. The molecule has 0 fully saturated rings. The number of rotatable bonds is 8. The van der Waals surface area contributed by atoms with E-state index >= 15 is 0 Å². The molecule has 112 valence electrons. The Hall–Kier alpha value is -2.44. The molecule has 0 unspecified atom stereocenters. The zero-order chi connectivity index (χ0) is 14.9. The first-order chi connectivity index (χ1) is 10.3. The van der Waals surface area contributed by atoms with Crippen molar-refractivity contribution in [3.63, 3.8) is 0 Å². The number of hydrogen-bond acceptors (Lipinski definition) is 5. The number of nitrogens with zero attached hydrogens (tertiary/aromatic N) is 4. The molecule has 0 saturated heterocycles. The van der Waals surface area contributed by atoms with Crippen LogP contribution in [0.2, 0.25) is 0 Å². The second kappa shape index (κ2) is 7.98. The lowest BCUT2D eigenvalue weighted by molar-refractivity contribution is 0.0950. The van der Waals surface area contributed by atoms with Gasteiger partial charge in [-0.2, -0.15) is 0 Å². The number of amides is 1. The van der Waals surface area contributed by atoms with Gasteiger partial charge < -0.3 is 15.2 Å². The van der Waals surface area contributed by atoms with Crippen LogP contribution in [0.3, 0.4) is 0 Å². The zero-order valence-corrected chi connectivity index (χ0v) is 12.1. The van der Waals surface area contributed by atoms with Gasteiger partial charge in [0.05, 0.1) is 6.33 Å². The molecular weight excluding hydrogens is 268 g/mol. The van der Waals surface area contributed by atoms with E-state index < -0.39 is 0 Å². The molecule has 0 aliphatic heterocycles.